The molecule has 7 nitrogen and oxygen atoms in total. The third-order valence-electron chi connectivity index (χ3n) is 6.27. The maximum atomic E-state index is 12.7. The van der Waals surface area contributed by atoms with Gasteiger partial charge < -0.3 is 14.8 Å². The van der Waals surface area contributed by atoms with Gasteiger partial charge in [0, 0.05) is 31.7 Å². The van der Waals surface area contributed by atoms with E-state index in [0.717, 1.165) is 53.8 Å². The maximum absolute atomic E-state index is 12.7. The Morgan fingerprint density at radius 3 is 2.55 bits per heavy atom. The number of amides is 1. The van der Waals surface area contributed by atoms with Crippen LogP contribution in [0.3, 0.4) is 0 Å². The van der Waals surface area contributed by atoms with Crippen molar-refractivity contribution in [3.05, 3.63) is 53.0 Å². The second kappa shape index (κ2) is 10.5. The van der Waals surface area contributed by atoms with Gasteiger partial charge in [-0.05, 0) is 44.2 Å². The number of para-hydroxylation sites is 1. The molecule has 1 aliphatic rings. The number of carbonyl (C=O) groups is 1. The second-order valence-electron chi connectivity index (χ2n) is 8.41. The summed E-state index contributed by atoms with van der Waals surface area (Å²) < 4.78 is 12.0. The summed E-state index contributed by atoms with van der Waals surface area (Å²) in [7, 11) is 3.26. The summed E-state index contributed by atoms with van der Waals surface area (Å²) in [5.74, 6) is 1.49. The van der Waals surface area contributed by atoms with Crippen molar-refractivity contribution in [2.75, 3.05) is 46.9 Å². The molecule has 1 N–H and O–H groups in total. The molecule has 0 unspecified atom stereocenters. The summed E-state index contributed by atoms with van der Waals surface area (Å²) >= 11 is 1.77. The molecule has 2 heterocycles. The smallest absolute Gasteiger partial charge is 0.234 e. The topological polar surface area (TPSA) is 66.9 Å². The van der Waals surface area contributed by atoms with Crippen molar-refractivity contribution >= 4 is 27.5 Å². The highest BCUT2D eigenvalue weighted by molar-refractivity contribution is 7.18. The van der Waals surface area contributed by atoms with E-state index in [1.165, 1.54) is 4.70 Å². The molecule has 0 spiro atoms. The van der Waals surface area contributed by atoms with Crippen molar-refractivity contribution in [2.24, 2.45) is 0 Å². The van der Waals surface area contributed by atoms with Crippen molar-refractivity contribution in [3.63, 3.8) is 0 Å². The van der Waals surface area contributed by atoms with Crippen molar-refractivity contribution in [1.82, 2.24) is 20.1 Å². The van der Waals surface area contributed by atoms with E-state index < -0.39 is 0 Å². The normalized spacial score (nSPS) is 17.0. The number of benzene rings is 2. The predicted octanol–water partition coefficient (Wildman–Crippen LogP) is 3.87. The van der Waals surface area contributed by atoms with Gasteiger partial charge in [-0.25, -0.2) is 4.98 Å². The summed E-state index contributed by atoms with van der Waals surface area (Å²) in [6, 6.07) is 14.0. The largest absolute Gasteiger partial charge is 0.497 e. The lowest BCUT2D eigenvalue weighted by Gasteiger charge is -2.37. The van der Waals surface area contributed by atoms with Gasteiger partial charge in [0.1, 0.15) is 16.5 Å². The monoisotopic (exact) mass is 468 g/mol. The molecular weight excluding hydrogens is 436 g/mol. The lowest BCUT2D eigenvalue weighted by atomic mass is 10.1. The summed E-state index contributed by atoms with van der Waals surface area (Å²) in [5, 5.41) is 4.26. The van der Waals surface area contributed by atoms with Gasteiger partial charge in [0.05, 0.1) is 43.1 Å². The first kappa shape index (κ1) is 23.5. The number of ether oxygens (including phenoxy) is 2. The van der Waals surface area contributed by atoms with Crippen LogP contribution in [0.1, 0.15) is 36.5 Å². The Morgan fingerprint density at radius 1 is 1.09 bits per heavy atom. The molecule has 8 heteroatoms. The molecule has 2 aromatic carbocycles. The number of methoxy groups -OCH3 is 2. The molecule has 1 aliphatic heterocycles. The highest BCUT2D eigenvalue weighted by Gasteiger charge is 2.25. The zero-order valence-corrected chi connectivity index (χ0v) is 20.5. The Balaban J connectivity index is 1.29. The van der Waals surface area contributed by atoms with Crippen molar-refractivity contribution < 1.29 is 14.3 Å². The molecule has 0 aliphatic carbocycles. The summed E-state index contributed by atoms with van der Waals surface area (Å²) in [6.07, 6.45) is 0. The summed E-state index contributed by atoms with van der Waals surface area (Å²) in [4.78, 5) is 22.2. The quantitative estimate of drug-likeness (QED) is 0.541. The number of hydrogen-bond acceptors (Lipinski definition) is 7. The van der Waals surface area contributed by atoms with Crippen LogP contribution in [0.25, 0.3) is 10.2 Å². The third-order valence-corrected chi connectivity index (χ3v) is 7.48. The average Bonchev–Trinajstić information content (AvgIpc) is 3.28. The fourth-order valence-electron chi connectivity index (χ4n) is 4.28. The molecule has 0 bridgehead atoms. The number of hydrogen-bond donors (Lipinski definition) is 1. The van der Waals surface area contributed by atoms with Crippen molar-refractivity contribution in [3.8, 4) is 11.5 Å². The van der Waals surface area contributed by atoms with E-state index in [9.17, 15) is 4.79 Å². The molecule has 4 rings (SSSR count). The molecule has 1 saturated heterocycles. The highest BCUT2D eigenvalue weighted by atomic mass is 32.1. The van der Waals surface area contributed by atoms with Crippen LogP contribution in [-0.4, -0.2) is 67.6 Å². The third kappa shape index (κ3) is 5.46. The van der Waals surface area contributed by atoms with Gasteiger partial charge in [-0.2, -0.15) is 0 Å². The zero-order chi connectivity index (χ0) is 23.4. The number of aromatic nitrogens is 1. The number of thiazole rings is 1. The Kier molecular flexibility index (Phi) is 7.47. The predicted molar refractivity (Wildman–Crippen MR) is 132 cm³/mol. The highest BCUT2D eigenvalue weighted by Crippen LogP contribution is 2.31. The number of piperazine rings is 1. The average molecular weight is 469 g/mol. The molecule has 3 aromatic rings. The van der Waals surface area contributed by atoms with Crippen LogP contribution in [0.4, 0.5) is 0 Å². The number of nitrogens with one attached hydrogen (secondary N) is 1. The minimum atomic E-state index is -0.178. The van der Waals surface area contributed by atoms with Crippen LogP contribution in [-0.2, 0) is 4.79 Å². The minimum Gasteiger partial charge on any atom is -0.497 e. The number of rotatable bonds is 8. The van der Waals surface area contributed by atoms with Crippen molar-refractivity contribution in [1.29, 1.82) is 0 Å². The van der Waals surface area contributed by atoms with Crippen LogP contribution in [0.5, 0.6) is 11.5 Å². The van der Waals surface area contributed by atoms with Gasteiger partial charge in [-0.15, -0.1) is 11.3 Å². The maximum Gasteiger partial charge on any atom is 0.234 e. The molecule has 2 atom stereocenters. The van der Waals surface area contributed by atoms with E-state index >= 15 is 0 Å². The number of nitrogens with zero attached hydrogens (tertiary/aromatic N) is 3. The SMILES string of the molecule is COc1ccc(OC)c([C@H](C)NC(=O)CN2CCN([C@@H](C)c3nc4ccccc4s3)CC2)c1. The van der Waals surface area contributed by atoms with E-state index in [2.05, 4.69) is 40.2 Å². The van der Waals surface area contributed by atoms with Crippen molar-refractivity contribution in [2.45, 2.75) is 25.9 Å². The standard InChI is InChI=1S/C25H32N4O3S/c1-17(20-15-19(31-3)9-10-22(20)32-4)26-24(30)16-28-11-13-29(14-12-28)18(2)25-27-21-7-5-6-8-23(21)33-25/h5-10,15,17-18H,11-14,16H2,1-4H3,(H,26,30)/t17-,18-/m0/s1. The van der Waals surface area contributed by atoms with Crippen LogP contribution >= 0.6 is 11.3 Å². The number of carbonyl (C=O) groups excluding carboxylic acids is 1. The zero-order valence-electron chi connectivity index (χ0n) is 19.7. The second-order valence-corrected chi connectivity index (χ2v) is 9.47. The van der Waals surface area contributed by atoms with Gasteiger partial charge in [-0.3, -0.25) is 14.6 Å². The summed E-state index contributed by atoms with van der Waals surface area (Å²) in [6.45, 7) is 8.14. The first-order valence-corrected chi connectivity index (χ1v) is 12.1. The van der Waals surface area contributed by atoms with E-state index in [1.807, 2.05) is 31.2 Å². The fraction of sp³-hybridized carbons (Fsp3) is 0.440. The molecule has 1 aromatic heterocycles. The first-order chi connectivity index (χ1) is 16.0. The van der Waals surface area contributed by atoms with Gasteiger partial charge in [0.25, 0.3) is 0 Å². The molecule has 1 amide bonds. The van der Waals surface area contributed by atoms with Crippen LogP contribution in [0.15, 0.2) is 42.5 Å². The van der Waals surface area contributed by atoms with Gasteiger partial charge in [-0.1, -0.05) is 12.1 Å². The van der Waals surface area contributed by atoms with E-state index in [-0.39, 0.29) is 18.0 Å². The minimum absolute atomic E-state index is 0.0139. The Labute approximate surface area is 199 Å². The van der Waals surface area contributed by atoms with Crippen LogP contribution in [0.2, 0.25) is 0 Å². The lowest BCUT2D eigenvalue weighted by molar-refractivity contribution is -0.123. The summed E-state index contributed by atoms with van der Waals surface area (Å²) in [5.41, 5.74) is 1.97. The molecular formula is C25H32N4O3S. The Morgan fingerprint density at radius 2 is 1.85 bits per heavy atom. The fourth-order valence-corrected chi connectivity index (χ4v) is 5.33. The first-order valence-electron chi connectivity index (χ1n) is 11.3. The van der Waals surface area contributed by atoms with E-state index in [4.69, 9.17) is 14.5 Å². The Hall–Kier alpha value is -2.68. The van der Waals surface area contributed by atoms with Gasteiger partial charge in [0.2, 0.25) is 5.91 Å². The Bertz CT molecular complexity index is 1060. The molecule has 0 saturated carbocycles. The van der Waals surface area contributed by atoms with E-state index in [1.54, 1.807) is 25.6 Å². The van der Waals surface area contributed by atoms with E-state index in [0.29, 0.717) is 6.54 Å². The number of fused-ring (bicyclic) bond motifs is 1. The molecule has 1 fully saturated rings. The van der Waals surface area contributed by atoms with Crippen LogP contribution in [0, 0.1) is 0 Å². The van der Waals surface area contributed by atoms with Gasteiger partial charge >= 0.3 is 0 Å². The molecule has 33 heavy (non-hydrogen) atoms. The molecule has 176 valence electrons. The van der Waals surface area contributed by atoms with Crippen LogP contribution < -0.4 is 14.8 Å². The molecule has 0 radical (unpaired) electrons. The lowest BCUT2D eigenvalue weighted by Crippen LogP contribution is -2.50. The van der Waals surface area contributed by atoms with Gasteiger partial charge in [0.15, 0.2) is 0 Å².